The maximum Gasteiger partial charge on any atom is 0.0683 e. The van der Waals surface area contributed by atoms with E-state index in [9.17, 15) is 0 Å². The Kier molecular flexibility index (Phi) is 5.11. The van der Waals surface area contributed by atoms with Crippen LogP contribution in [-0.4, -0.2) is 13.1 Å². The second-order valence-corrected chi connectivity index (χ2v) is 5.43. The highest BCUT2D eigenvalue weighted by atomic mass is 14.8. The summed E-state index contributed by atoms with van der Waals surface area (Å²) in [7, 11) is 0. The van der Waals surface area contributed by atoms with Crippen LogP contribution in [0.25, 0.3) is 0 Å². The molecule has 0 atom stereocenters. The molecule has 0 aliphatic heterocycles. The molecule has 0 saturated heterocycles. The molecule has 0 unspecified atom stereocenters. The fourth-order valence-electron chi connectivity index (χ4n) is 1.71. The Morgan fingerprint density at radius 2 is 2.00 bits per heavy atom. The predicted molar refractivity (Wildman–Crippen MR) is 63.5 cm³/mol. The Balaban J connectivity index is 1.82. The van der Waals surface area contributed by atoms with Crippen molar-refractivity contribution in [3.8, 4) is 6.07 Å². The van der Waals surface area contributed by atoms with Crippen LogP contribution in [0.1, 0.15) is 52.4 Å². The smallest absolute Gasteiger partial charge is 0.0683 e. The van der Waals surface area contributed by atoms with Crippen LogP contribution in [-0.2, 0) is 0 Å². The van der Waals surface area contributed by atoms with Crippen LogP contribution < -0.4 is 5.32 Å². The third kappa shape index (κ3) is 6.52. The lowest BCUT2D eigenvalue weighted by Crippen LogP contribution is -2.17. The minimum Gasteiger partial charge on any atom is -0.317 e. The molecular formula is C13H24N2. The standard InChI is InChI=1S/C13H24N2/c1-13(2,11-14)8-3-4-9-15-10-7-12-5-6-12/h12,15H,3-10H2,1-2H3. The van der Waals surface area contributed by atoms with Crippen LogP contribution in [0.3, 0.4) is 0 Å². The topological polar surface area (TPSA) is 35.8 Å². The summed E-state index contributed by atoms with van der Waals surface area (Å²) in [5.41, 5.74) is -0.131. The monoisotopic (exact) mass is 208 g/mol. The summed E-state index contributed by atoms with van der Waals surface area (Å²) < 4.78 is 0. The molecule has 2 nitrogen and oxygen atoms in total. The van der Waals surface area contributed by atoms with Gasteiger partial charge in [-0.1, -0.05) is 19.3 Å². The summed E-state index contributed by atoms with van der Waals surface area (Å²) in [5, 5.41) is 12.3. The maximum absolute atomic E-state index is 8.84. The molecule has 0 heterocycles. The molecule has 1 fully saturated rings. The Labute approximate surface area is 94.1 Å². The Bertz CT molecular complexity index is 211. The van der Waals surface area contributed by atoms with Crippen molar-refractivity contribution in [1.29, 1.82) is 5.26 Å². The number of hydrogen-bond donors (Lipinski definition) is 1. The number of nitrogens with zero attached hydrogens (tertiary/aromatic N) is 1. The fraction of sp³-hybridized carbons (Fsp3) is 0.923. The first kappa shape index (κ1) is 12.5. The van der Waals surface area contributed by atoms with Crippen molar-refractivity contribution in [2.24, 2.45) is 11.3 Å². The first-order valence-corrected chi connectivity index (χ1v) is 6.26. The van der Waals surface area contributed by atoms with Crippen molar-refractivity contribution >= 4 is 0 Å². The van der Waals surface area contributed by atoms with E-state index < -0.39 is 0 Å². The van der Waals surface area contributed by atoms with Crippen LogP contribution in [0.15, 0.2) is 0 Å². The minimum absolute atomic E-state index is 0.131. The molecule has 1 aliphatic rings. The van der Waals surface area contributed by atoms with E-state index in [2.05, 4.69) is 11.4 Å². The molecule has 1 saturated carbocycles. The van der Waals surface area contributed by atoms with Crippen molar-refractivity contribution in [3.63, 3.8) is 0 Å². The highest BCUT2D eigenvalue weighted by Gasteiger charge is 2.19. The van der Waals surface area contributed by atoms with Gasteiger partial charge in [-0.05, 0) is 52.1 Å². The number of hydrogen-bond acceptors (Lipinski definition) is 2. The van der Waals surface area contributed by atoms with Gasteiger partial charge in [-0.3, -0.25) is 0 Å². The van der Waals surface area contributed by atoms with Gasteiger partial charge >= 0.3 is 0 Å². The highest BCUT2D eigenvalue weighted by molar-refractivity contribution is 4.91. The van der Waals surface area contributed by atoms with Crippen LogP contribution >= 0.6 is 0 Å². The van der Waals surface area contributed by atoms with Gasteiger partial charge < -0.3 is 5.32 Å². The van der Waals surface area contributed by atoms with Crippen molar-refractivity contribution in [3.05, 3.63) is 0 Å². The van der Waals surface area contributed by atoms with E-state index in [0.29, 0.717) is 0 Å². The van der Waals surface area contributed by atoms with Gasteiger partial charge in [0.05, 0.1) is 11.5 Å². The van der Waals surface area contributed by atoms with Gasteiger partial charge in [-0.2, -0.15) is 5.26 Å². The molecule has 1 aliphatic carbocycles. The molecule has 15 heavy (non-hydrogen) atoms. The zero-order chi connectivity index (χ0) is 11.1. The van der Waals surface area contributed by atoms with Crippen molar-refractivity contribution in [2.75, 3.05) is 13.1 Å². The Morgan fingerprint density at radius 1 is 1.27 bits per heavy atom. The third-order valence-electron chi connectivity index (χ3n) is 3.13. The van der Waals surface area contributed by atoms with Crippen LogP contribution in [0.5, 0.6) is 0 Å². The number of nitriles is 1. The van der Waals surface area contributed by atoms with Gasteiger partial charge in [0.1, 0.15) is 0 Å². The highest BCUT2D eigenvalue weighted by Crippen LogP contribution is 2.31. The quantitative estimate of drug-likeness (QED) is 0.622. The van der Waals surface area contributed by atoms with Crippen molar-refractivity contribution in [2.45, 2.75) is 52.4 Å². The number of nitrogens with one attached hydrogen (secondary N) is 1. The molecule has 0 aromatic rings. The van der Waals surface area contributed by atoms with Gasteiger partial charge in [-0.25, -0.2) is 0 Å². The molecular weight excluding hydrogens is 184 g/mol. The van der Waals surface area contributed by atoms with E-state index >= 15 is 0 Å². The van der Waals surface area contributed by atoms with Gasteiger partial charge in [0.15, 0.2) is 0 Å². The predicted octanol–water partition coefficient (Wildman–Crippen LogP) is 3.10. The van der Waals surface area contributed by atoms with E-state index in [1.54, 1.807) is 0 Å². The van der Waals surface area contributed by atoms with Crippen molar-refractivity contribution < 1.29 is 0 Å². The molecule has 0 amide bonds. The zero-order valence-electron chi connectivity index (χ0n) is 10.2. The Hall–Kier alpha value is -0.550. The number of unbranched alkanes of at least 4 members (excludes halogenated alkanes) is 1. The molecule has 0 aromatic carbocycles. The lowest BCUT2D eigenvalue weighted by molar-refractivity contribution is 0.422. The lowest BCUT2D eigenvalue weighted by Gasteiger charge is -2.14. The molecule has 0 bridgehead atoms. The molecule has 0 aromatic heterocycles. The van der Waals surface area contributed by atoms with Crippen molar-refractivity contribution in [1.82, 2.24) is 5.32 Å². The SMILES string of the molecule is CC(C)(C#N)CCCCNCCC1CC1. The molecule has 0 radical (unpaired) electrons. The average molecular weight is 208 g/mol. The minimum atomic E-state index is -0.131. The summed E-state index contributed by atoms with van der Waals surface area (Å²) >= 11 is 0. The van der Waals surface area contributed by atoms with Gasteiger partial charge in [0, 0.05) is 0 Å². The van der Waals surface area contributed by atoms with Crippen LogP contribution in [0.2, 0.25) is 0 Å². The van der Waals surface area contributed by atoms with E-state index in [4.69, 9.17) is 5.26 Å². The molecule has 86 valence electrons. The zero-order valence-corrected chi connectivity index (χ0v) is 10.2. The summed E-state index contributed by atoms with van der Waals surface area (Å²) in [4.78, 5) is 0. The fourth-order valence-corrected chi connectivity index (χ4v) is 1.71. The van der Waals surface area contributed by atoms with E-state index in [-0.39, 0.29) is 5.41 Å². The van der Waals surface area contributed by atoms with Gasteiger partial charge in [0.2, 0.25) is 0 Å². The summed E-state index contributed by atoms with van der Waals surface area (Å²) in [6, 6.07) is 2.35. The first-order valence-electron chi connectivity index (χ1n) is 6.26. The van der Waals surface area contributed by atoms with E-state index in [1.165, 1.54) is 32.2 Å². The first-order chi connectivity index (χ1) is 7.14. The molecule has 0 spiro atoms. The van der Waals surface area contributed by atoms with Gasteiger partial charge in [0.25, 0.3) is 0 Å². The molecule has 2 heteroatoms. The van der Waals surface area contributed by atoms with E-state index in [1.807, 2.05) is 13.8 Å². The second-order valence-electron chi connectivity index (χ2n) is 5.43. The lowest BCUT2D eigenvalue weighted by atomic mass is 9.89. The molecule has 1 N–H and O–H groups in total. The summed E-state index contributed by atoms with van der Waals surface area (Å²) in [6.45, 7) is 6.35. The third-order valence-corrected chi connectivity index (χ3v) is 3.13. The molecule has 1 rings (SSSR count). The second kappa shape index (κ2) is 6.12. The van der Waals surface area contributed by atoms with E-state index in [0.717, 1.165) is 25.3 Å². The largest absolute Gasteiger partial charge is 0.317 e. The number of rotatable bonds is 8. The maximum atomic E-state index is 8.84. The Morgan fingerprint density at radius 3 is 2.60 bits per heavy atom. The summed E-state index contributed by atoms with van der Waals surface area (Å²) in [6.07, 6.45) is 7.67. The summed E-state index contributed by atoms with van der Waals surface area (Å²) in [5.74, 6) is 1.04. The average Bonchev–Trinajstić information content (AvgIpc) is 3.00. The van der Waals surface area contributed by atoms with Crippen LogP contribution in [0, 0.1) is 22.7 Å². The van der Waals surface area contributed by atoms with Gasteiger partial charge in [-0.15, -0.1) is 0 Å². The van der Waals surface area contributed by atoms with Crippen LogP contribution in [0.4, 0.5) is 0 Å². The normalized spacial score (nSPS) is 16.3.